The maximum Gasteiger partial charge on any atom is 0.401 e. The summed E-state index contributed by atoms with van der Waals surface area (Å²) in [4.78, 5) is 26.6. The molecule has 3 aromatic rings. The summed E-state index contributed by atoms with van der Waals surface area (Å²) in [5.41, 5.74) is -1.16. The highest BCUT2D eigenvalue weighted by Crippen LogP contribution is 2.40. The minimum atomic E-state index is -4.51. The molecule has 2 heterocycles. The molecule has 0 saturated heterocycles. The van der Waals surface area contributed by atoms with Gasteiger partial charge in [0.2, 0.25) is 0 Å². The molecule has 0 bridgehead atoms. The van der Waals surface area contributed by atoms with Crippen molar-refractivity contribution in [2.45, 2.75) is 51.6 Å². The molecule has 0 atom stereocenters. The zero-order chi connectivity index (χ0) is 25.1. The Labute approximate surface area is 192 Å². The molecule has 0 radical (unpaired) electrons. The molecule has 0 aliphatic carbocycles. The molecule has 0 amide bonds. The van der Waals surface area contributed by atoms with Crippen LogP contribution in [0.5, 0.6) is 5.75 Å². The van der Waals surface area contributed by atoms with Crippen LogP contribution in [0, 0.1) is 5.82 Å². The van der Waals surface area contributed by atoms with Gasteiger partial charge in [-0.25, -0.2) is 4.39 Å². The van der Waals surface area contributed by atoms with E-state index in [0.29, 0.717) is 17.7 Å². The first-order valence-electron chi connectivity index (χ1n) is 10.6. The van der Waals surface area contributed by atoms with Gasteiger partial charge in [0, 0.05) is 37.1 Å². The fraction of sp³-hybridized carbons (Fsp3) is 0.375. The van der Waals surface area contributed by atoms with Crippen molar-refractivity contribution < 1.29 is 31.6 Å². The van der Waals surface area contributed by atoms with Gasteiger partial charge in [-0.2, -0.15) is 13.2 Å². The molecule has 1 aromatic carbocycles. The molecule has 10 heteroatoms. The number of H-pyrrole nitrogens is 1. The standard InChI is InChI=1S/C24H24F4N2O4/c1-4-33-20-11-16(13-29-22(20)32)14-5-6-15(19(25)10-14)9-18(31)8-7-17-12-21(34-30-17)23(2,3)24(26,27)28/h5-6,10-13H,4,7-9H2,1-3H3,(H,29,32). The SMILES string of the molecule is CCOc1cc(-c2ccc(CC(=O)CCc3cc(C(C)(C)C(F)(F)F)on3)c(F)c2)c[nH]c1=O. The number of carbonyl (C=O) groups excluding carboxylic acids is 1. The monoisotopic (exact) mass is 480 g/mol. The Bertz CT molecular complexity index is 1230. The number of Topliss-reactive ketones (excluding diaryl/α,β-unsaturated/α-hetero) is 1. The van der Waals surface area contributed by atoms with Gasteiger partial charge in [-0.1, -0.05) is 17.3 Å². The van der Waals surface area contributed by atoms with Gasteiger partial charge >= 0.3 is 6.18 Å². The summed E-state index contributed by atoms with van der Waals surface area (Å²) in [7, 11) is 0. The second-order valence-corrected chi connectivity index (χ2v) is 8.34. The minimum Gasteiger partial charge on any atom is -0.488 e. The normalized spacial score (nSPS) is 12.1. The molecule has 0 fully saturated rings. The van der Waals surface area contributed by atoms with Gasteiger partial charge < -0.3 is 14.2 Å². The van der Waals surface area contributed by atoms with E-state index in [9.17, 15) is 27.2 Å². The molecule has 6 nitrogen and oxygen atoms in total. The van der Waals surface area contributed by atoms with E-state index in [-0.39, 0.29) is 47.8 Å². The second-order valence-electron chi connectivity index (χ2n) is 8.34. The average Bonchev–Trinajstić information content (AvgIpc) is 3.24. The van der Waals surface area contributed by atoms with E-state index in [4.69, 9.17) is 9.26 Å². The third-order valence-corrected chi connectivity index (χ3v) is 5.49. The second kappa shape index (κ2) is 9.82. The fourth-order valence-corrected chi connectivity index (χ4v) is 3.19. The van der Waals surface area contributed by atoms with Crippen LogP contribution < -0.4 is 10.3 Å². The van der Waals surface area contributed by atoms with Crippen LogP contribution in [-0.2, 0) is 23.1 Å². The molecule has 34 heavy (non-hydrogen) atoms. The van der Waals surface area contributed by atoms with E-state index < -0.39 is 23.0 Å². The number of ether oxygens (including phenoxy) is 1. The van der Waals surface area contributed by atoms with Crippen LogP contribution in [0.2, 0.25) is 0 Å². The van der Waals surface area contributed by atoms with Crippen molar-refractivity contribution in [2.24, 2.45) is 0 Å². The number of benzene rings is 1. The first-order valence-corrected chi connectivity index (χ1v) is 10.6. The number of hydrogen-bond donors (Lipinski definition) is 1. The summed E-state index contributed by atoms with van der Waals surface area (Å²) in [5, 5.41) is 3.63. The van der Waals surface area contributed by atoms with Crippen LogP contribution in [0.4, 0.5) is 17.6 Å². The molecule has 3 rings (SSSR count). The molecule has 2 aromatic heterocycles. The van der Waals surface area contributed by atoms with E-state index >= 15 is 0 Å². The molecule has 0 unspecified atom stereocenters. The number of rotatable bonds is 9. The van der Waals surface area contributed by atoms with Crippen molar-refractivity contribution in [1.82, 2.24) is 10.1 Å². The van der Waals surface area contributed by atoms with Crippen LogP contribution in [-0.4, -0.2) is 28.7 Å². The van der Waals surface area contributed by atoms with Crippen LogP contribution in [0.15, 0.2) is 45.8 Å². The molecule has 0 aliphatic rings. The lowest BCUT2D eigenvalue weighted by Crippen LogP contribution is -2.35. The van der Waals surface area contributed by atoms with E-state index in [0.717, 1.165) is 13.8 Å². The number of hydrogen-bond acceptors (Lipinski definition) is 5. The number of alkyl halides is 3. The Morgan fingerprint density at radius 1 is 1.15 bits per heavy atom. The Kier molecular flexibility index (Phi) is 7.28. The van der Waals surface area contributed by atoms with Crippen molar-refractivity contribution in [3.63, 3.8) is 0 Å². The lowest BCUT2D eigenvalue weighted by Gasteiger charge is -2.24. The molecular weight excluding hydrogens is 456 g/mol. The predicted molar refractivity (Wildman–Crippen MR) is 116 cm³/mol. The van der Waals surface area contributed by atoms with Crippen molar-refractivity contribution >= 4 is 5.78 Å². The summed E-state index contributed by atoms with van der Waals surface area (Å²) >= 11 is 0. The van der Waals surface area contributed by atoms with Crippen LogP contribution in [0.25, 0.3) is 11.1 Å². The number of aromatic amines is 1. The number of nitrogens with one attached hydrogen (secondary N) is 1. The van der Waals surface area contributed by atoms with Gasteiger partial charge in [-0.15, -0.1) is 0 Å². The number of nitrogens with zero attached hydrogens (tertiary/aromatic N) is 1. The van der Waals surface area contributed by atoms with Gasteiger partial charge in [0.15, 0.2) is 11.5 Å². The number of halogens is 4. The fourth-order valence-electron chi connectivity index (χ4n) is 3.19. The highest BCUT2D eigenvalue weighted by Gasteiger charge is 2.51. The zero-order valence-corrected chi connectivity index (χ0v) is 18.9. The summed E-state index contributed by atoms with van der Waals surface area (Å²) in [5.74, 6) is -1.10. The number of pyridine rings is 1. The number of aromatic nitrogens is 2. The molecular formula is C24H24F4N2O4. The van der Waals surface area contributed by atoms with E-state index in [1.54, 1.807) is 13.0 Å². The highest BCUT2D eigenvalue weighted by molar-refractivity contribution is 5.81. The largest absolute Gasteiger partial charge is 0.488 e. The minimum absolute atomic E-state index is 0.0305. The number of carbonyl (C=O) groups is 1. The third kappa shape index (κ3) is 5.55. The van der Waals surface area contributed by atoms with Gasteiger partial charge in [-0.05, 0) is 44.0 Å². The van der Waals surface area contributed by atoms with E-state index in [2.05, 4.69) is 10.1 Å². The van der Waals surface area contributed by atoms with Crippen LogP contribution >= 0.6 is 0 Å². The number of ketones is 1. The molecule has 0 spiro atoms. The van der Waals surface area contributed by atoms with Crippen molar-refractivity contribution in [1.29, 1.82) is 0 Å². The van der Waals surface area contributed by atoms with E-state index in [1.165, 1.54) is 30.5 Å². The van der Waals surface area contributed by atoms with Crippen molar-refractivity contribution in [2.75, 3.05) is 6.61 Å². The van der Waals surface area contributed by atoms with Gasteiger partial charge in [0.05, 0.1) is 12.3 Å². The quantitative estimate of drug-likeness (QED) is 0.428. The summed E-state index contributed by atoms with van der Waals surface area (Å²) < 4.78 is 64.1. The van der Waals surface area contributed by atoms with Crippen molar-refractivity contribution in [3.8, 4) is 16.9 Å². The Balaban J connectivity index is 1.64. The summed E-state index contributed by atoms with van der Waals surface area (Å²) in [6.45, 7) is 4.01. The van der Waals surface area contributed by atoms with Crippen LogP contribution in [0.3, 0.4) is 0 Å². The molecule has 0 aliphatic heterocycles. The first kappa shape index (κ1) is 25.2. The molecule has 182 valence electrons. The predicted octanol–water partition coefficient (Wildman–Crippen LogP) is 5.15. The van der Waals surface area contributed by atoms with E-state index in [1.807, 2.05) is 0 Å². The maximum absolute atomic E-state index is 14.6. The average molecular weight is 480 g/mol. The summed E-state index contributed by atoms with van der Waals surface area (Å²) in [6.07, 6.45) is -3.20. The smallest absolute Gasteiger partial charge is 0.401 e. The topological polar surface area (TPSA) is 85.2 Å². The number of aryl methyl sites for hydroxylation is 1. The Morgan fingerprint density at radius 2 is 1.88 bits per heavy atom. The van der Waals surface area contributed by atoms with Gasteiger partial charge in [0.25, 0.3) is 5.56 Å². The lowest BCUT2D eigenvalue weighted by molar-refractivity contribution is -0.185. The Hall–Kier alpha value is -3.43. The van der Waals surface area contributed by atoms with Gasteiger partial charge in [0.1, 0.15) is 17.0 Å². The van der Waals surface area contributed by atoms with Crippen LogP contribution in [0.1, 0.15) is 44.2 Å². The molecule has 1 N–H and O–H groups in total. The first-order chi connectivity index (χ1) is 15.9. The zero-order valence-electron chi connectivity index (χ0n) is 18.9. The Morgan fingerprint density at radius 3 is 2.53 bits per heavy atom. The van der Waals surface area contributed by atoms with Crippen molar-refractivity contribution in [3.05, 3.63) is 69.7 Å². The van der Waals surface area contributed by atoms with Gasteiger partial charge in [-0.3, -0.25) is 9.59 Å². The lowest BCUT2D eigenvalue weighted by atomic mass is 9.89. The maximum atomic E-state index is 14.6. The summed E-state index contributed by atoms with van der Waals surface area (Å²) in [6, 6.07) is 7.06. The highest BCUT2D eigenvalue weighted by atomic mass is 19.4. The third-order valence-electron chi connectivity index (χ3n) is 5.49. The molecule has 0 saturated carbocycles.